The number of halogens is 1. The van der Waals surface area contributed by atoms with E-state index in [1.54, 1.807) is 6.20 Å². The highest BCUT2D eigenvalue weighted by Crippen LogP contribution is 2.00. The van der Waals surface area contributed by atoms with Gasteiger partial charge in [0.1, 0.15) is 4.83 Å². The van der Waals surface area contributed by atoms with Gasteiger partial charge in [-0.3, -0.25) is 9.78 Å². The number of alkyl halides is 1. The van der Waals surface area contributed by atoms with Crippen molar-refractivity contribution >= 4 is 21.9 Å². The van der Waals surface area contributed by atoms with E-state index < -0.39 is 0 Å². The van der Waals surface area contributed by atoms with Gasteiger partial charge in [-0.15, -0.1) is 0 Å². The Hall–Kier alpha value is -0.940. The summed E-state index contributed by atoms with van der Waals surface area (Å²) in [4.78, 5) is 14.8. The van der Waals surface area contributed by atoms with E-state index >= 15 is 0 Å². The van der Waals surface area contributed by atoms with Crippen LogP contribution < -0.4 is 5.32 Å². The van der Waals surface area contributed by atoms with Crippen molar-refractivity contribution in [2.45, 2.75) is 11.2 Å². The molecular weight excluding hydrogens is 272 g/mol. The van der Waals surface area contributed by atoms with Crippen molar-refractivity contribution in [3.05, 3.63) is 30.1 Å². The van der Waals surface area contributed by atoms with Crippen LogP contribution in [0.3, 0.4) is 0 Å². The summed E-state index contributed by atoms with van der Waals surface area (Å²) in [6.07, 6.45) is 4.49. The van der Waals surface area contributed by atoms with Gasteiger partial charge in [0.2, 0.25) is 0 Å². The van der Waals surface area contributed by atoms with Gasteiger partial charge in [-0.25, -0.2) is 0 Å². The molecular formula is C11H15BrN2O2. The number of hydrogen-bond donors (Lipinski definition) is 1. The largest absolute Gasteiger partial charge is 0.468 e. The average Bonchev–Trinajstić information content (AvgIpc) is 2.34. The lowest BCUT2D eigenvalue weighted by molar-refractivity contribution is -0.139. The quantitative estimate of drug-likeness (QED) is 0.484. The van der Waals surface area contributed by atoms with Crippen LogP contribution in [0.25, 0.3) is 0 Å². The molecule has 1 atom stereocenters. The molecule has 0 amide bonds. The fourth-order valence-electron chi connectivity index (χ4n) is 1.22. The number of carbonyl (C=O) groups excluding carboxylic acids is 1. The molecule has 1 aromatic rings. The van der Waals surface area contributed by atoms with Crippen LogP contribution in [0.2, 0.25) is 0 Å². The predicted molar refractivity (Wildman–Crippen MR) is 65.5 cm³/mol. The topological polar surface area (TPSA) is 51.2 Å². The second-order valence-electron chi connectivity index (χ2n) is 3.31. The Morgan fingerprint density at radius 3 is 3.12 bits per heavy atom. The van der Waals surface area contributed by atoms with Gasteiger partial charge in [0.15, 0.2) is 0 Å². The van der Waals surface area contributed by atoms with E-state index in [9.17, 15) is 4.79 Å². The minimum absolute atomic E-state index is 0.256. The maximum absolute atomic E-state index is 11.1. The fourth-order valence-corrected chi connectivity index (χ4v) is 1.63. The van der Waals surface area contributed by atoms with Gasteiger partial charge >= 0.3 is 5.97 Å². The highest BCUT2D eigenvalue weighted by molar-refractivity contribution is 9.10. The molecule has 0 aromatic carbocycles. The zero-order valence-corrected chi connectivity index (χ0v) is 10.7. The second-order valence-corrected chi connectivity index (χ2v) is 4.41. The Morgan fingerprint density at radius 2 is 2.50 bits per heavy atom. The Labute approximate surface area is 104 Å². The van der Waals surface area contributed by atoms with Crippen molar-refractivity contribution in [1.29, 1.82) is 0 Å². The number of nitrogens with one attached hydrogen (secondary N) is 1. The molecule has 0 aliphatic heterocycles. The number of ether oxygens (including phenoxy) is 1. The first kappa shape index (κ1) is 13.1. The Morgan fingerprint density at radius 1 is 1.69 bits per heavy atom. The van der Waals surface area contributed by atoms with Gasteiger partial charge in [0.05, 0.1) is 7.11 Å². The van der Waals surface area contributed by atoms with E-state index in [2.05, 4.69) is 31.0 Å². The van der Waals surface area contributed by atoms with Crippen molar-refractivity contribution in [2.24, 2.45) is 0 Å². The minimum atomic E-state index is -0.286. The standard InChI is InChI=1S/C11H15BrN2O2/c1-16-11(15)10(12)8-14-6-4-9-3-2-5-13-7-9/h2-3,5,7,10,14H,4,6,8H2,1H3. The van der Waals surface area contributed by atoms with E-state index in [1.165, 1.54) is 12.7 Å². The van der Waals surface area contributed by atoms with Gasteiger partial charge in [-0.1, -0.05) is 22.0 Å². The molecule has 0 radical (unpaired) electrons. The lowest BCUT2D eigenvalue weighted by Crippen LogP contribution is -2.30. The van der Waals surface area contributed by atoms with Gasteiger partial charge in [0, 0.05) is 18.9 Å². The first-order valence-corrected chi connectivity index (χ1v) is 5.97. The number of hydrogen-bond acceptors (Lipinski definition) is 4. The summed E-state index contributed by atoms with van der Waals surface area (Å²) in [7, 11) is 1.38. The predicted octanol–water partition coefficient (Wildman–Crippen LogP) is 1.15. The number of methoxy groups -OCH3 is 1. The molecule has 0 saturated carbocycles. The molecule has 0 spiro atoms. The molecule has 1 N–H and O–H groups in total. The van der Waals surface area contributed by atoms with Crippen LogP contribution in [0.15, 0.2) is 24.5 Å². The normalized spacial score (nSPS) is 12.1. The second kappa shape index (κ2) is 7.35. The summed E-state index contributed by atoms with van der Waals surface area (Å²) >= 11 is 3.24. The third kappa shape index (κ3) is 4.72. The van der Waals surface area contributed by atoms with Gasteiger partial charge in [-0.05, 0) is 24.6 Å². The molecule has 0 bridgehead atoms. The highest BCUT2D eigenvalue weighted by atomic mass is 79.9. The van der Waals surface area contributed by atoms with E-state index in [-0.39, 0.29) is 10.8 Å². The SMILES string of the molecule is COC(=O)C(Br)CNCCc1cccnc1. The number of nitrogens with zero attached hydrogens (tertiary/aromatic N) is 1. The van der Waals surface area contributed by atoms with Crippen molar-refractivity contribution in [2.75, 3.05) is 20.2 Å². The number of aromatic nitrogens is 1. The number of carbonyl (C=O) groups is 1. The molecule has 88 valence electrons. The zero-order chi connectivity index (χ0) is 11.8. The average molecular weight is 287 g/mol. The van der Waals surface area contributed by atoms with Gasteiger partial charge in [0.25, 0.3) is 0 Å². The van der Waals surface area contributed by atoms with E-state index in [1.807, 2.05) is 18.3 Å². The molecule has 0 fully saturated rings. The fraction of sp³-hybridized carbons (Fsp3) is 0.455. The van der Waals surface area contributed by atoms with Gasteiger partial charge in [-0.2, -0.15) is 0 Å². The molecule has 1 rings (SSSR count). The monoisotopic (exact) mass is 286 g/mol. The lowest BCUT2D eigenvalue weighted by Gasteiger charge is -2.08. The summed E-state index contributed by atoms with van der Waals surface area (Å²) in [6, 6.07) is 3.94. The van der Waals surface area contributed by atoms with Crippen molar-refractivity contribution in [1.82, 2.24) is 10.3 Å². The summed E-state index contributed by atoms with van der Waals surface area (Å²) < 4.78 is 4.59. The van der Waals surface area contributed by atoms with E-state index in [4.69, 9.17) is 0 Å². The Kier molecular flexibility index (Phi) is 6.03. The minimum Gasteiger partial charge on any atom is -0.468 e. The van der Waals surface area contributed by atoms with Crippen LogP contribution in [-0.4, -0.2) is 36.0 Å². The van der Waals surface area contributed by atoms with Crippen molar-refractivity contribution in [3.8, 4) is 0 Å². The lowest BCUT2D eigenvalue weighted by atomic mass is 10.2. The number of esters is 1. The number of pyridine rings is 1. The van der Waals surface area contributed by atoms with Crippen LogP contribution in [0, 0.1) is 0 Å². The molecule has 1 heterocycles. The van der Waals surface area contributed by atoms with E-state index in [0.717, 1.165) is 13.0 Å². The molecule has 1 unspecified atom stereocenters. The first-order valence-electron chi connectivity index (χ1n) is 5.05. The third-order valence-electron chi connectivity index (χ3n) is 2.09. The van der Waals surface area contributed by atoms with Crippen LogP contribution in [-0.2, 0) is 16.0 Å². The highest BCUT2D eigenvalue weighted by Gasteiger charge is 2.13. The zero-order valence-electron chi connectivity index (χ0n) is 9.15. The van der Waals surface area contributed by atoms with E-state index in [0.29, 0.717) is 6.54 Å². The Bertz CT molecular complexity index is 319. The summed E-state index contributed by atoms with van der Waals surface area (Å²) in [5.41, 5.74) is 1.18. The summed E-state index contributed by atoms with van der Waals surface area (Å²) in [5.74, 6) is -0.256. The Balaban J connectivity index is 2.15. The number of rotatable bonds is 6. The molecule has 5 heteroatoms. The maximum Gasteiger partial charge on any atom is 0.320 e. The molecule has 1 aromatic heterocycles. The third-order valence-corrected chi connectivity index (χ3v) is 2.79. The molecule has 0 saturated heterocycles. The van der Waals surface area contributed by atoms with Crippen LogP contribution in [0.5, 0.6) is 0 Å². The van der Waals surface area contributed by atoms with Crippen LogP contribution in [0.4, 0.5) is 0 Å². The van der Waals surface area contributed by atoms with Crippen LogP contribution >= 0.6 is 15.9 Å². The summed E-state index contributed by atoms with van der Waals surface area (Å²) in [5, 5.41) is 3.17. The van der Waals surface area contributed by atoms with Gasteiger partial charge < -0.3 is 10.1 Å². The molecule has 16 heavy (non-hydrogen) atoms. The molecule has 0 aliphatic carbocycles. The van der Waals surface area contributed by atoms with Crippen LogP contribution in [0.1, 0.15) is 5.56 Å². The van der Waals surface area contributed by atoms with Crippen molar-refractivity contribution in [3.63, 3.8) is 0 Å². The summed E-state index contributed by atoms with van der Waals surface area (Å²) in [6.45, 7) is 1.37. The molecule has 0 aliphatic rings. The van der Waals surface area contributed by atoms with Crippen molar-refractivity contribution < 1.29 is 9.53 Å². The molecule has 4 nitrogen and oxygen atoms in total. The smallest absolute Gasteiger partial charge is 0.320 e. The first-order chi connectivity index (χ1) is 7.74. The maximum atomic E-state index is 11.1.